The lowest BCUT2D eigenvalue weighted by Crippen LogP contribution is -1.99. The standard InChI is InChI=1S/C50H30N4/c1-2-17-34(18-3-1)53-44-24-12-9-21-37(44)39-30-47-40(29-46(39)53)38-22-10-13-25-45(38)54(47)48-28-32-15-5-7-19-35(32)49-41(26-31-14-4-8-20-36(31)50(48)49)43-27-33-16-6-11-23-42(33)51-52-43/h1-30H. The highest BCUT2D eigenvalue weighted by atomic mass is 15.1. The van der Waals surface area contributed by atoms with Gasteiger partial charge in [0.15, 0.2) is 0 Å². The first-order valence-corrected chi connectivity index (χ1v) is 18.4. The van der Waals surface area contributed by atoms with Crippen molar-refractivity contribution in [3.63, 3.8) is 0 Å². The van der Waals surface area contributed by atoms with Crippen LogP contribution in [-0.4, -0.2) is 19.3 Å². The molecule has 4 heteroatoms. The molecule has 54 heavy (non-hydrogen) atoms. The molecule has 0 aliphatic rings. The lowest BCUT2D eigenvalue weighted by molar-refractivity contribution is 1.08. The quantitative estimate of drug-likeness (QED) is 0.173. The minimum Gasteiger partial charge on any atom is -0.309 e. The molecule has 0 amide bonds. The molecule has 0 N–H and O–H groups in total. The Morgan fingerprint density at radius 2 is 0.870 bits per heavy atom. The van der Waals surface area contributed by atoms with Crippen LogP contribution in [0.15, 0.2) is 182 Å². The molecule has 0 spiro atoms. The highest BCUT2D eigenvalue weighted by Crippen LogP contribution is 2.45. The summed E-state index contributed by atoms with van der Waals surface area (Å²) >= 11 is 0. The van der Waals surface area contributed by atoms with E-state index in [4.69, 9.17) is 10.2 Å². The van der Waals surface area contributed by atoms with E-state index >= 15 is 0 Å². The van der Waals surface area contributed by atoms with E-state index in [1.807, 2.05) is 12.1 Å². The third-order valence-electron chi connectivity index (χ3n) is 11.3. The maximum absolute atomic E-state index is 4.86. The van der Waals surface area contributed by atoms with Gasteiger partial charge in [-0.3, -0.25) is 0 Å². The van der Waals surface area contributed by atoms with Crippen LogP contribution < -0.4 is 0 Å². The number of aromatic nitrogens is 4. The molecular weight excluding hydrogens is 657 g/mol. The second kappa shape index (κ2) is 11.1. The Bertz CT molecular complexity index is 3500. The van der Waals surface area contributed by atoms with Crippen molar-refractivity contribution in [2.24, 2.45) is 0 Å². The van der Waals surface area contributed by atoms with Gasteiger partial charge in [-0.1, -0.05) is 121 Å². The summed E-state index contributed by atoms with van der Waals surface area (Å²) in [5.74, 6) is 0. The molecular formula is C50H30N4. The van der Waals surface area contributed by atoms with Crippen LogP contribution in [0.4, 0.5) is 0 Å². The summed E-state index contributed by atoms with van der Waals surface area (Å²) in [6.07, 6.45) is 0. The monoisotopic (exact) mass is 686 g/mol. The molecule has 3 aromatic heterocycles. The molecule has 9 aromatic carbocycles. The largest absolute Gasteiger partial charge is 0.309 e. The van der Waals surface area contributed by atoms with Crippen molar-refractivity contribution < 1.29 is 0 Å². The van der Waals surface area contributed by atoms with Gasteiger partial charge in [-0.15, -0.1) is 10.2 Å². The SMILES string of the molecule is c1ccc(-n2c3ccccc3c3cc4c(cc32)c2ccccc2n4-c2cc3ccccc3c3c(-c4cc5ccccc5nn4)cc4ccccc4c23)cc1. The fourth-order valence-corrected chi connectivity index (χ4v) is 9.00. The fourth-order valence-electron chi connectivity index (χ4n) is 9.00. The Hall–Kier alpha value is -7.30. The molecule has 0 saturated carbocycles. The van der Waals surface area contributed by atoms with E-state index < -0.39 is 0 Å². The first-order chi connectivity index (χ1) is 26.8. The van der Waals surface area contributed by atoms with Crippen molar-refractivity contribution in [1.82, 2.24) is 19.3 Å². The van der Waals surface area contributed by atoms with Crippen molar-refractivity contribution in [3.8, 4) is 22.6 Å². The smallest absolute Gasteiger partial charge is 0.0942 e. The number of benzene rings is 9. The van der Waals surface area contributed by atoms with E-state index in [1.165, 1.54) is 75.9 Å². The molecule has 250 valence electrons. The van der Waals surface area contributed by atoms with Crippen molar-refractivity contribution in [2.75, 3.05) is 0 Å². The van der Waals surface area contributed by atoms with E-state index in [2.05, 4.69) is 179 Å². The zero-order valence-corrected chi connectivity index (χ0v) is 29.1. The molecule has 0 bridgehead atoms. The lowest BCUT2D eigenvalue weighted by atomic mass is 9.90. The summed E-state index contributed by atoms with van der Waals surface area (Å²) in [4.78, 5) is 0. The van der Waals surface area contributed by atoms with Crippen LogP contribution in [0, 0.1) is 0 Å². The molecule has 0 unspecified atom stereocenters. The molecule has 0 fully saturated rings. The molecule has 12 rings (SSSR count). The van der Waals surface area contributed by atoms with Crippen LogP contribution in [0.2, 0.25) is 0 Å². The van der Waals surface area contributed by atoms with Crippen molar-refractivity contribution >= 4 is 86.8 Å². The van der Waals surface area contributed by atoms with Crippen LogP contribution in [0.5, 0.6) is 0 Å². The Labute approximate surface area is 309 Å². The number of hydrogen-bond donors (Lipinski definition) is 0. The fraction of sp³-hybridized carbons (Fsp3) is 0. The number of rotatable bonds is 3. The molecule has 0 aliphatic carbocycles. The second-order valence-corrected chi connectivity index (χ2v) is 14.2. The summed E-state index contributed by atoms with van der Waals surface area (Å²) in [5.41, 5.74) is 9.88. The van der Waals surface area contributed by atoms with E-state index in [-0.39, 0.29) is 0 Å². The molecule has 0 atom stereocenters. The third-order valence-corrected chi connectivity index (χ3v) is 11.3. The van der Waals surface area contributed by atoms with Gasteiger partial charge in [0, 0.05) is 49.0 Å². The summed E-state index contributed by atoms with van der Waals surface area (Å²) in [7, 11) is 0. The Kier molecular flexibility index (Phi) is 6.02. The minimum absolute atomic E-state index is 0.865. The second-order valence-electron chi connectivity index (χ2n) is 14.2. The molecule has 12 aromatic rings. The highest BCUT2D eigenvalue weighted by molar-refractivity contribution is 6.27. The molecule has 4 nitrogen and oxygen atoms in total. The third kappa shape index (κ3) is 4.08. The average molecular weight is 687 g/mol. The van der Waals surface area contributed by atoms with Gasteiger partial charge in [0.2, 0.25) is 0 Å². The summed E-state index contributed by atoms with van der Waals surface area (Å²) in [5, 5.41) is 22.7. The molecule has 0 radical (unpaired) electrons. The molecule has 0 aliphatic heterocycles. The van der Waals surface area contributed by atoms with Crippen LogP contribution in [0.3, 0.4) is 0 Å². The normalized spacial score (nSPS) is 12.1. The zero-order valence-electron chi connectivity index (χ0n) is 29.1. The number of para-hydroxylation sites is 3. The predicted octanol–water partition coefficient (Wildman–Crippen LogP) is 13.0. The van der Waals surface area contributed by atoms with E-state index in [0.717, 1.165) is 33.5 Å². The van der Waals surface area contributed by atoms with Crippen LogP contribution in [-0.2, 0) is 0 Å². The van der Waals surface area contributed by atoms with Gasteiger partial charge in [-0.05, 0) is 82.2 Å². The topological polar surface area (TPSA) is 35.6 Å². The van der Waals surface area contributed by atoms with Crippen LogP contribution in [0.25, 0.3) is 109 Å². The number of fused-ring (bicyclic) bond motifs is 12. The number of hydrogen-bond acceptors (Lipinski definition) is 2. The van der Waals surface area contributed by atoms with Crippen molar-refractivity contribution in [3.05, 3.63) is 182 Å². The first-order valence-electron chi connectivity index (χ1n) is 18.4. The predicted molar refractivity (Wildman–Crippen MR) is 226 cm³/mol. The van der Waals surface area contributed by atoms with E-state index in [9.17, 15) is 0 Å². The van der Waals surface area contributed by atoms with Gasteiger partial charge in [0.05, 0.1) is 39.0 Å². The summed E-state index contributed by atoms with van der Waals surface area (Å²) in [6.45, 7) is 0. The van der Waals surface area contributed by atoms with E-state index in [1.54, 1.807) is 0 Å². The first kappa shape index (κ1) is 29.3. The zero-order chi connectivity index (χ0) is 35.3. The Balaban J connectivity index is 1.28. The van der Waals surface area contributed by atoms with Gasteiger partial charge in [0.1, 0.15) is 0 Å². The summed E-state index contributed by atoms with van der Waals surface area (Å²) < 4.78 is 4.92. The minimum atomic E-state index is 0.865. The van der Waals surface area contributed by atoms with Crippen LogP contribution >= 0.6 is 0 Å². The van der Waals surface area contributed by atoms with Gasteiger partial charge in [-0.25, -0.2) is 0 Å². The van der Waals surface area contributed by atoms with Gasteiger partial charge >= 0.3 is 0 Å². The van der Waals surface area contributed by atoms with Gasteiger partial charge < -0.3 is 9.13 Å². The van der Waals surface area contributed by atoms with Crippen LogP contribution in [0.1, 0.15) is 0 Å². The maximum Gasteiger partial charge on any atom is 0.0942 e. The van der Waals surface area contributed by atoms with Gasteiger partial charge in [-0.2, -0.15) is 0 Å². The Morgan fingerprint density at radius 3 is 1.59 bits per heavy atom. The Morgan fingerprint density at radius 1 is 0.333 bits per heavy atom. The molecule has 0 saturated heterocycles. The lowest BCUT2D eigenvalue weighted by Gasteiger charge is -2.19. The van der Waals surface area contributed by atoms with E-state index in [0.29, 0.717) is 0 Å². The van der Waals surface area contributed by atoms with Gasteiger partial charge in [0.25, 0.3) is 0 Å². The average Bonchev–Trinajstić information content (AvgIpc) is 3.74. The van der Waals surface area contributed by atoms with Crippen molar-refractivity contribution in [2.45, 2.75) is 0 Å². The summed E-state index contributed by atoms with van der Waals surface area (Å²) in [6, 6.07) is 65.9. The highest BCUT2D eigenvalue weighted by Gasteiger charge is 2.22. The number of nitrogens with zero attached hydrogens (tertiary/aromatic N) is 4. The maximum atomic E-state index is 4.86. The molecule has 3 heterocycles. The van der Waals surface area contributed by atoms with Crippen molar-refractivity contribution in [1.29, 1.82) is 0 Å².